The fourth-order valence-corrected chi connectivity index (χ4v) is 2.45. The molecule has 2 atom stereocenters. The minimum atomic E-state index is 0.118. The molecule has 0 aliphatic rings. The fourth-order valence-electron chi connectivity index (χ4n) is 2.45. The highest BCUT2D eigenvalue weighted by Gasteiger charge is 2.18. The van der Waals surface area contributed by atoms with Gasteiger partial charge in [-0.3, -0.25) is 0 Å². The monoisotopic (exact) mass is 283 g/mol. The third-order valence-electron chi connectivity index (χ3n) is 3.69. The zero-order valence-electron chi connectivity index (χ0n) is 13.2. The Labute approximate surface area is 128 Å². The van der Waals surface area contributed by atoms with Crippen LogP contribution in [0.1, 0.15) is 36.6 Å². The molecule has 1 N–H and O–H groups in total. The normalized spacial score (nSPS) is 13.9. The summed E-state index contributed by atoms with van der Waals surface area (Å²) in [6.07, 6.45) is 0.118. The van der Waals surface area contributed by atoms with Crippen molar-refractivity contribution in [3.8, 4) is 0 Å². The van der Waals surface area contributed by atoms with Crippen molar-refractivity contribution in [3.05, 3.63) is 71.3 Å². The summed E-state index contributed by atoms with van der Waals surface area (Å²) in [6, 6.07) is 19.2. The van der Waals surface area contributed by atoms with E-state index in [1.54, 1.807) is 0 Å². The summed E-state index contributed by atoms with van der Waals surface area (Å²) in [4.78, 5) is 0. The van der Waals surface area contributed by atoms with E-state index < -0.39 is 0 Å². The van der Waals surface area contributed by atoms with Gasteiger partial charge < -0.3 is 10.1 Å². The van der Waals surface area contributed by atoms with Crippen LogP contribution in [0.5, 0.6) is 0 Å². The third-order valence-corrected chi connectivity index (χ3v) is 3.69. The lowest BCUT2D eigenvalue weighted by molar-refractivity contribution is 0.0269. The maximum Gasteiger partial charge on any atom is 0.0746 e. The highest BCUT2D eigenvalue weighted by molar-refractivity contribution is 5.25. The number of ether oxygens (including phenoxy) is 1. The molecule has 2 nitrogen and oxygen atoms in total. The Morgan fingerprint density at radius 2 is 1.67 bits per heavy atom. The molecular formula is C19H25NO. The molecule has 2 rings (SSSR count). The molecule has 0 aromatic heterocycles. The van der Waals surface area contributed by atoms with Crippen LogP contribution in [0.2, 0.25) is 0 Å². The van der Waals surface area contributed by atoms with Crippen LogP contribution < -0.4 is 5.32 Å². The van der Waals surface area contributed by atoms with Gasteiger partial charge in [0, 0.05) is 0 Å². The maximum absolute atomic E-state index is 6.06. The average Bonchev–Trinajstić information content (AvgIpc) is 2.52. The number of hydrogen-bond acceptors (Lipinski definition) is 2. The molecule has 0 amide bonds. The highest BCUT2D eigenvalue weighted by Crippen LogP contribution is 2.20. The molecule has 2 aromatic carbocycles. The molecule has 0 spiro atoms. The summed E-state index contributed by atoms with van der Waals surface area (Å²) < 4.78 is 6.06. The quantitative estimate of drug-likeness (QED) is 0.820. The first-order chi connectivity index (χ1) is 10.2. The van der Waals surface area contributed by atoms with E-state index in [1.165, 1.54) is 16.7 Å². The van der Waals surface area contributed by atoms with Crippen molar-refractivity contribution >= 4 is 0 Å². The van der Waals surface area contributed by atoms with Crippen molar-refractivity contribution in [2.24, 2.45) is 0 Å². The number of aryl methyl sites for hydroxylation is 1. The number of nitrogens with one attached hydrogen (secondary N) is 1. The minimum absolute atomic E-state index is 0.118. The van der Waals surface area contributed by atoms with Gasteiger partial charge >= 0.3 is 0 Å². The molecule has 2 unspecified atom stereocenters. The number of benzene rings is 2. The second kappa shape index (κ2) is 7.96. The molecule has 0 radical (unpaired) electrons. The van der Waals surface area contributed by atoms with E-state index in [1.807, 2.05) is 18.2 Å². The van der Waals surface area contributed by atoms with Gasteiger partial charge in [-0.25, -0.2) is 0 Å². The Hall–Kier alpha value is -1.64. The van der Waals surface area contributed by atoms with Crippen LogP contribution in [0.4, 0.5) is 0 Å². The van der Waals surface area contributed by atoms with Gasteiger partial charge in [0.15, 0.2) is 0 Å². The van der Waals surface area contributed by atoms with E-state index >= 15 is 0 Å². The lowest BCUT2D eigenvalue weighted by Crippen LogP contribution is -2.31. The molecule has 0 heterocycles. The number of hydrogen-bond donors (Lipinski definition) is 1. The molecule has 2 aromatic rings. The predicted molar refractivity (Wildman–Crippen MR) is 88.3 cm³/mol. The predicted octanol–water partition coefficient (Wildman–Crippen LogP) is 4.25. The van der Waals surface area contributed by atoms with Crippen LogP contribution >= 0.6 is 0 Å². The molecule has 0 aliphatic carbocycles. The molecule has 112 valence electrons. The first-order valence-electron chi connectivity index (χ1n) is 7.66. The van der Waals surface area contributed by atoms with Gasteiger partial charge in [-0.15, -0.1) is 0 Å². The molecule has 0 saturated heterocycles. The summed E-state index contributed by atoms with van der Waals surface area (Å²) in [6.45, 7) is 7.95. The molecule has 0 saturated carbocycles. The van der Waals surface area contributed by atoms with Crippen LogP contribution in [-0.2, 0) is 11.3 Å². The van der Waals surface area contributed by atoms with Crippen LogP contribution in [0.3, 0.4) is 0 Å². The van der Waals surface area contributed by atoms with Crippen molar-refractivity contribution in [3.63, 3.8) is 0 Å². The fraction of sp³-hybridized carbons (Fsp3) is 0.368. The van der Waals surface area contributed by atoms with Gasteiger partial charge in [0.05, 0.1) is 18.8 Å². The van der Waals surface area contributed by atoms with Crippen molar-refractivity contribution in [2.45, 2.75) is 39.5 Å². The SMILES string of the molecule is CCNC(c1ccc(C)cc1)C(C)OCc1ccccc1. The van der Waals surface area contributed by atoms with Crippen LogP contribution in [-0.4, -0.2) is 12.6 Å². The van der Waals surface area contributed by atoms with E-state index in [0.717, 1.165) is 6.54 Å². The van der Waals surface area contributed by atoms with Crippen molar-refractivity contribution < 1.29 is 4.74 Å². The van der Waals surface area contributed by atoms with E-state index in [9.17, 15) is 0 Å². The van der Waals surface area contributed by atoms with Crippen molar-refractivity contribution in [2.75, 3.05) is 6.54 Å². The zero-order chi connectivity index (χ0) is 15.1. The van der Waals surface area contributed by atoms with E-state index in [-0.39, 0.29) is 12.1 Å². The Morgan fingerprint density at radius 1 is 1.00 bits per heavy atom. The summed E-state index contributed by atoms with van der Waals surface area (Å²) >= 11 is 0. The summed E-state index contributed by atoms with van der Waals surface area (Å²) in [5.41, 5.74) is 3.78. The molecule has 0 aliphatic heterocycles. The molecule has 0 bridgehead atoms. The Bertz CT molecular complexity index is 521. The Morgan fingerprint density at radius 3 is 2.29 bits per heavy atom. The van der Waals surface area contributed by atoms with Gasteiger partial charge in [0.1, 0.15) is 0 Å². The minimum Gasteiger partial charge on any atom is -0.372 e. The summed E-state index contributed by atoms with van der Waals surface area (Å²) in [5.74, 6) is 0. The van der Waals surface area contributed by atoms with Crippen LogP contribution in [0, 0.1) is 6.92 Å². The lowest BCUT2D eigenvalue weighted by atomic mass is 10.0. The van der Waals surface area contributed by atoms with Gasteiger partial charge in [0.25, 0.3) is 0 Å². The zero-order valence-corrected chi connectivity index (χ0v) is 13.2. The summed E-state index contributed by atoms with van der Waals surface area (Å²) in [7, 11) is 0. The van der Waals surface area contributed by atoms with Crippen molar-refractivity contribution in [1.29, 1.82) is 0 Å². The standard InChI is InChI=1S/C19H25NO/c1-4-20-19(18-12-10-15(2)11-13-18)16(3)21-14-17-8-6-5-7-9-17/h5-13,16,19-20H,4,14H2,1-3H3. The van der Waals surface area contributed by atoms with Gasteiger partial charge in [-0.2, -0.15) is 0 Å². The first kappa shape index (κ1) is 15.7. The van der Waals surface area contributed by atoms with Crippen molar-refractivity contribution in [1.82, 2.24) is 5.32 Å². The lowest BCUT2D eigenvalue weighted by Gasteiger charge is -2.25. The van der Waals surface area contributed by atoms with E-state index in [4.69, 9.17) is 4.74 Å². The first-order valence-corrected chi connectivity index (χ1v) is 7.66. The third kappa shape index (κ3) is 4.69. The van der Waals surface area contributed by atoms with Gasteiger partial charge in [-0.1, -0.05) is 67.1 Å². The second-order valence-electron chi connectivity index (χ2n) is 5.45. The smallest absolute Gasteiger partial charge is 0.0746 e. The topological polar surface area (TPSA) is 21.3 Å². The number of rotatable bonds is 7. The van der Waals surface area contributed by atoms with Gasteiger partial charge in [-0.05, 0) is 31.5 Å². The largest absolute Gasteiger partial charge is 0.372 e. The summed E-state index contributed by atoms with van der Waals surface area (Å²) in [5, 5.41) is 3.53. The van der Waals surface area contributed by atoms with Crippen LogP contribution in [0.15, 0.2) is 54.6 Å². The average molecular weight is 283 g/mol. The molecule has 21 heavy (non-hydrogen) atoms. The molecular weight excluding hydrogens is 258 g/mol. The molecule has 2 heteroatoms. The highest BCUT2D eigenvalue weighted by atomic mass is 16.5. The van der Waals surface area contributed by atoms with E-state index in [2.05, 4.69) is 62.5 Å². The van der Waals surface area contributed by atoms with Crippen LogP contribution in [0.25, 0.3) is 0 Å². The Balaban J connectivity index is 2.01. The van der Waals surface area contributed by atoms with Gasteiger partial charge in [0.2, 0.25) is 0 Å². The Kier molecular flexibility index (Phi) is 5.97. The molecule has 0 fully saturated rings. The number of likely N-dealkylation sites (N-methyl/N-ethyl adjacent to an activating group) is 1. The van der Waals surface area contributed by atoms with E-state index in [0.29, 0.717) is 6.61 Å². The second-order valence-corrected chi connectivity index (χ2v) is 5.45. The maximum atomic E-state index is 6.06.